The van der Waals surface area contributed by atoms with E-state index >= 15 is 0 Å². The average Bonchev–Trinajstić information content (AvgIpc) is 3.32. The van der Waals surface area contributed by atoms with Crippen LogP contribution >= 0.6 is 0 Å². The molecule has 2 aromatic carbocycles. The van der Waals surface area contributed by atoms with Gasteiger partial charge in [-0.05, 0) is 44.2 Å². The highest BCUT2D eigenvalue weighted by Crippen LogP contribution is 2.27. The number of nitrogens with one attached hydrogen (secondary N) is 2. The zero-order valence-electron chi connectivity index (χ0n) is 20.8. The predicted octanol–water partition coefficient (Wildman–Crippen LogP) is 3.97. The summed E-state index contributed by atoms with van der Waals surface area (Å²) in [6, 6.07) is 16.1. The number of para-hydroxylation sites is 1. The standard InChI is InChI=1S/C26H24FN7O4/c1-17(18(2)32(3)34(16-36)20-7-5-4-6-8-20)26(37)29-19-9-10-22(21(27)13-19)38-25-12-11-24-30-23(28-15-35)14-33(24)31-25/h4-16H,1-3H3,(H,28,35)(H,29,37)/b18-17+. The lowest BCUT2D eigenvalue weighted by molar-refractivity contribution is -0.113. The van der Waals surface area contributed by atoms with Crippen LogP contribution in [0.1, 0.15) is 13.8 Å². The lowest BCUT2D eigenvalue weighted by Crippen LogP contribution is -2.38. The zero-order valence-corrected chi connectivity index (χ0v) is 20.8. The predicted molar refractivity (Wildman–Crippen MR) is 139 cm³/mol. The summed E-state index contributed by atoms with van der Waals surface area (Å²) in [6.45, 7) is 3.31. The highest BCUT2D eigenvalue weighted by atomic mass is 19.1. The average molecular weight is 518 g/mol. The maximum Gasteiger partial charge on any atom is 0.253 e. The summed E-state index contributed by atoms with van der Waals surface area (Å²) in [5, 5.41) is 12.2. The van der Waals surface area contributed by atoms with Crippen molar-refractivity contribution in [3.05, 3.63) is 83.9 Å². The molecular formula is C26H24FN7O4. The molecule has 0 aliphatic carbocycles. The first-order valence-corrected chi connectivity index (χ1v) is 11.4. The number of rotatable bonds is 10. The van der Waals surface area contributed by atoms with E-state index in [2.05, 4.69) is 20.7 Å². The molecular weight excluding hydrogens is 493 g/mol. The van der Waals surface area contributed by atoms with Crippen LogP contribution in [0.2, 0.25) is 0 Å². The van der Waals surface area contributed by atoms with Gasteiger partial charge >= 0.3 is 0 Å². The van der Waals surface area contributed by atoms with Gasteiger partial charge < -0.3 is 15.4 Å². The number of allylic oxidation sites excluding steroid dienone is 1. The molecule has 12 heteroatoms. The second kappa shape index (κ2) is 11.2. The van der Waals surface area contributed by atoms with Crippen LogP contribution in [0.15, 0.2) is 78.1 Å². The van der Waals surface area contributed by atoms with Crippen molar-refractivity contribution in [2.24, 2.45) is 0 Å². The van der Waals surface area contributed by atoms with Gasteiger partial charge in [-0.2, -0.15) is 0 Å². The number of carbonyl (C=O) groups excluding carboxylic acids is 3. The van der Waals surface area contributed by atoms with E-state index in [9.17, 15) is 18.8 Å². The van der Waals surface area contributed by atoms with Crippen molar-refractivity contribution in [3.8, 4) is 11.6 Å². The van der Waals surface area contributed by atoms with Crippen molar-refractivity contribution in [2.75, 3.05) is 22.7 Å². The van der Waals surface area contributed by atoms with Gasteiger partial charge in [-0.3, -0.25) is 19.4 Å². The van der Waals surface area contributed by atoms with Crippen molar-refractivity contribution < 1.29 is 23.5 Å². The normalized spacial score (nSPS) is 11.4. The molecule has 2 aromatic heterocycles. The summed E-state index contributed by atoms with van der Waals surface area (Å²) in [5.41, 5.74) is 2.16. The number of imidazole rings is 1. The van der Waals surface area contributed by atoms with E-state index in [-0.39, 0.29) is 17.3 Å². The van der Waals surface area contributed by atoms with Gasteiger partial charge in [-0.15, -0.1) is 5.10 Å². The smallest absolute Gasteiger partial charge is 0.253 e. The number of amides is 3. The molecule has 2 heterocycles. The molecule has 0 bridgehead atoms. The summed E-state index contributed by atoms with van der Waals surface area (Å²) >= 11 is 0. The van der Waals surface area contributed by atoms with E-state index in [1.54, 1.807) is 56.2 Å². The number of benzene rings is 2. The number of nitrogens with zero attached hydrogens (tertiary/aromatic N) is 5. The van der Waals surface area contributed by atoms with Gasteiger partial charge in [-0.25, -0.2) is 18.9 Å². The van der Waals surface area contributed by atoms with Crippen LogP contribution < -0.4 is 20.4 Å². The van der Waals surface area contributed by atoms with Crippen LogP contribution in [0.4, 0.5) is 21.6 Å². The Kier molecular flexibility index (Phi) is 7.61. The fourth-order valence-electron chi connectivity index (χ4n) is 3.50. The quantitative estimate of drug-likeness (QED) is 0.185. The zero-order chi connectivity index (χ0) is 27.2. The van der Waals surface area contributed by atoms with Gasteiger partial charge in [0, 0.05) is 36.1 Å². The van der Waals surface area contributed by atoms with E-state index < -0.39 is 11.7 Å². The van der Waals surface area contributed by atoms with E-state index in [0.29, 0.717) is 41.2 Å². The third-order valence-electron chi connectivity index (χ3n) is 5.72. The van der Waals surface area contributed by atoms with Crippen LogP contribution in [0, 0.1) is 5.82 Å². The third kappa shape index (κ3) is 5.59. The largest absolute Gasteiger partial charge is 0.434 e. The van der Waals surface area contributed by atoms with Crippen LogP contribution in [0.5, 0.6) is 11.6 Å². The van der Waals surface area contributed by atoms with Crippen LogP contribution in [0.25, 0.3) is 5.65 Å². The lowest BCUT2D eigenvalue weighted by Gasteiger charge is -2.31. The maximum absolute atomic E-state index is 14.8. The Morgan fingerprint density at radius 3 is 2.53 bits per heavy atom. The molecule has 0 radical (unpaired) electrons. The van der Waals surface area contributed by atoms with Crippen molar-refractivity contribution in [1.82, 2.24) is 19.6 Å². The Hall–Kier alpha value is -5.26. The highest BCUT2D eigenvalue weighted by molar-refractivity contribution is 6.03. The van der Waals surface area contributed by atoms with Gasteiger partial charge in [0.25, 0.3) is 5.91 Å². The first kappa shape index (κ1) is 25.8. The Morgan fingerprint density at radius 2 is 1.84 bits per heavy atom. The number of fused-ring (bicyclic) bond motifs is 1. The monoisotopic (exact) mass is 517 g/mol. The number of aromatic nitrogens is 3. The number of ether oxygens (including phenoxy) is 1. The van der Waals surface area contributed by atoms with E-state index in [4.69, 9.17) is 4.74 Å². The van der Waals surface area contributed by atoms with Crippen molar-refractivity contribution in [1.29, 1.82) is 0 Å². The molecule has 0 aliphatic heterocycles. The SMILES string of the molecule is C/C(C(=O)Nc1ccc(Oc2ccc3nc(NC=O)cn3n2)c(F)c1)=C(/C)N(C)N(C=O)c1ccccc1. The fraction of sp³-hybridized carbons (Fsp3) is 0.115. The maximum atomic E-state index is 14.8. The molecule has 11 nitrogen and oxygen atoms in total. The number of hydrazine groups is 1. The van der Waals surface area contributed by atoms with E-state index in [1.807, 2.05) is 6.07 Å². The molecule has 4 rings (SSSR count). The van der Waals surface area contributed by atoms with Crippen LogP contribution in [-0.4, -0.2) is 45.4 Å². The molecule has 194 valence electrons. The lowest BCUT2D eigenvalue weighted by atomic mass is 10.2. The van der Waals surface area contributed by atoms with Gasteiger partial charge in [0.05, 0.1) is 11.9 Å². The summed E-state index contributed by atoms with van der Waals surface area (Å²) in [5.74, 6) is -0.882. The van der Waals surface area contributed by atoms with Crippen LogP contribution in [-0.2, 0) is 14.4 Å². The Bertz CT molecular complexity index is 1520. The topological polar surface area (TPSA) is 121 Å². The van der Waals surface area contributed by atoms with Gasteiger partial charge in [0.1, 0.15) is 0 Å². The van der Waals surface area contributed by atoms with Crippen molar-refractivity contribution >= 4 is 41.6 Å². The second-order valence-electron chi connectivity index (χ2n) is 8.08. The summed E-state index contributed by atoms with van der Waals surface area (Å²) in [6.07, 6.45) is 2.63. The van der Waals surface area contributed by atoms with Crippen molar-refractivity contribution in [3.63, 3.8) is 0 Å². The first-order chi connectivity index (χ1) is 18.3. The van der Waals surface area contributed by atoms with Crippen LogP contribution in [0.3, 0.4) is 0 Å². The minimum Gasteiger partial charge on any atom is -0.434 e. The Labute approximate surface area is 217 Å². The van der Waals surface area contributed by atoms with E-state index in [0.717, 1.165) is 6.07 Å². The second-order valence-corrected chi connectivity index (χ2v) is 8.08. The third-order valence-corrected chi connectivity index (χ3v) is 5.72. The highest BCUT2D eigenvalue weighted by Gasteiger charge is 2.18. The minimum atomic E-state index is -0.717. The molecule has 0 saturated heterocycles. The fourth-order valence-corrected chi connectivity index (χ4v) is 3.50. The van der Waals surface area contributed by atoms with E-state index in [1.165, 1.54) is 33.9 Å². The Morgan fingerprint density at radius 1 is 1.08 bits per heavy atom. The molecule has 0 atom stereocenters. The number of hydrogen-bond donors (Lipinski definition) is 2. The molecule has 38 heavy (non-hydrogen) atoms. The molecule has 0 saturated carbocycles. The molecule has 0 fully saturated rings. The molecule has 3 amide bonds. The van der Waals surface area contributed by atoms with Gasteiger partial charge in [0.2, 0.25) is 18.7 Å². The number of carbonyl (C=O) groups is 3. The number of anilines is 3. The molecule has 0 unspecified atom stereocenters. The molecule has 2 N–H and O–H groups in total. The van der Waals surface area contributed by atoms with Gasteiger partial charge in [-0.1, -0.05) is 18.2 Å². The first-order valence-electron chi connectivity index (χ1n) is 11.4. The summed E-state index contributed by atoms with van der Waals surface area (Å²) in [7, 11) is 1.66. The molecule has 0 aliphatic rings. The summed E-state index contributed by atoms with van der Waals surface area (Å²) in [4.78, 5) is 39.3. The molecule has 0 spiro atoms. The number of halogens is 1. The Balaban J connectivity index is 1.46. The minimum absolute atomic E-state index is 0.0961. The van der Waals surface area contributed by atoms with Gasteiger partial charge in [0.15, 0.2) is 23.0 Å². The summed E-state index contributed by atoms with van der Waals surface area (Å²) < 4.78 is 21.7. The van der Waals surface area contributed by atoms with Crippen molar-refractivity contribution in [2.45, 2.75) is 13.8 Å². The molecule has 4 aromatic rings. The number of hydrogen-bond acceptors (Lipinski definition) is 7.